The molecule has 3 aromatic rings. The van der Waals surface area contributed by atoms with Gasteiger partial charge in [-0.15, -0.1) is 0 Å². The van der Waals surface area contributed by atoms with E-state index in [0.717, 1.165) is 66.7 Å². The lowest BCUT2D eigenvalue weighted by atomic mass is 10.0. The Labute approximate surface area is 559 Å². The zero-order chi connectivity index (χ0) is 69.2. The van der Waals surface area contributed by atoms with E-state index in [1.807, 2.05) is 74.8 Å². The number of nitrogens with zero attached hydrogens (tertiary/aromatic N) is 6. The third kappa shape index (κ3) is 25.6. The molecular weight excluding hydrogens is 1230 g/mol. The van der Waals surface area contributed by atoms with Gasteiger partial charge in [0.15, 0.2) is 6.10 Å². The fourth-order valence-electron chi connectivity index (χ4n) is 11.1. The molecule has 0 radical (unpaired) electrons. The summed E-state index contributed by atoms with van der Waals surface area (Å²) in [6.45, 7) is 15.3. The van der Waals surface area contributed by atoms with Crippen LogP contribution < -0.4 is 40.8 Å². The fourth-order valence-corrected chi connectivity index (χ4v) is 11.1. The Morgan fingerprint density at radius 2 is 0.968 bits per heavy atom. The van der Waals surface area contributed by atoms with E-state index in [-0.39, 0.29) is 67.8 Å². The highest BCUT2D eigenvalue weighted by atomic mass is 16.6. The van der Waals surface area contributed by atoms with E-state index in [1.54, 1.807) is 35.5 Å². The highest BCUT2D eigenvalue weighted by Gasteiger charge is 2.45. The van der Waals surface area contributed by atoms with Gasteiger partial charge in [0.05, 0.1) is 93.3 Å². The minimum absolute atomic E-state index is 0.00194. The first-order valence-corrected chi connectivity index (χ1v) is 33.0. The summed E-state index contributed by atoms with van der Waals surface area (Å²) in [4.78, 5) is 92.9. The van der Waals surface area contributed by atoms with Gasteiger partial charge in [-0.2, -0.15) is 0 Å². The van der Waals surface area contributed by atoms with Crippen LogP contribution in [0.25, 0.3) is 0 Å². The molecule has 3 saturated carbocycles. The van der Waals surface area contributed by atoms with Crippen molar-refractivity contribution in [2.24, 2.45) is 0 Å². The lowest BCUT2D eigenvalue weighted by Crippen LogP contribution is -2.57. The lowest BCUT2D eigenvalue weighted by Gasteiger charge is -2.40. The van der Waals surface area contributed by atoms with Gasteiger partial charge in [0.2, 0.25) is 17.6 Å². The van der Waals surface area contributed by atoms with Crippen molar-refractivity contribution in [3.63, 3.8) is 0 Å². The van der Waals surface area contributed by atoms with Gasteiger partial charge in [-0.3, -0.25) is 9.59 Å². The standard InChI is InChI=1S/C28H44N4O8.C23H36N4O6.C16H25N3O3/c1-18(19-13-20(30-24(14-19)37-6)9-8-12-29-26(34)38-7)32(21-10-11-21)25(33)23-16-31(15-22(39-23)17-36-5)27(35)40-28(2,3)4;1-15(16-10-17(26-21(11-16)31-3)6-5-9-25-23(29)32-4)27(18-7-8-18)22(28)20-13-24-12-19(33-20)14-30-2;1-11(18-13-6-7-13)12-9-14(19-15(10-12)21-2)5-4-8-17-16(20)22-3/h13-14,18,21-23H,8-12,15-17H2,1-7H3,(H,29,34);10-11,15,18-20,24H,5-9,12-14H2,1-4H3,(H,25,29);9-11,13,18H,4-8H2,1-3H3,(H,17,20)/t18-,22+,23-;15-,19+,20-;11-/m111/s1. The predicted molar refractivity (Wildman–Crippen MR) is 351 cm³/mol. The number of carbonyl (C=O) groups excluding carboxylic acids is 6. The molecule has 2 aliphatic heterocycles. The molecule has 6 amide bonds. The van der Waals surface area contributed by atoms with Gasteiger partial charge in [-0.25, -0.2) is 34.1 Å². The second kappa shape index (κ2) is 38.4. The van der Waals surface area contributed by atoms with Crippen molar-refractivity contribution in [1.82, 2.24) is 56.2 Å². The first kappa shape index (κ1) is 76.6. The molecule has 0 spiro atoms. The van der Waals surface area contributed by atoms with Crippen LogP contribution in [0.5, 0.6) is 17.6 Å². The maximum Gasteiger partial charge on any atom is 0.410 e. The largest absolute Gasteiger partial charge is 0.481 e. The number of methoxy groups -OCH3 is 8. The average Bonchev–Trinajstić information content (AvgIpc) is 1.74. The normalized spacial score (nSPS) is 19.3. The summed E-state index contributed by atoms with van der Waals surface area (Å²) in [5, 5.41) is 14.9. The SMILES string of the molecule is COC(=O)NCCCc1cc([C@@H](C)NC2CC2)cc(OC)n1.COC[C@@H]1CN(C(=O)OC(C)(C)C)C[C@H](C(=O)N(C2CC2)[C@H](C)c2cc(CCCNC(=O)OC)nc(OC)c2)O1.COC[C@@H]1CNC[C@H](C(=O)N(C2CC2)[C@H](C)c2cc(CCCNC(=O)OC)nc(OC)c2)O1. The van der Waals surface area contributed by atoms with Gasteiger partial charge in [0.1, 0.15) is 11.7 Å². The second-order valence-corrected chi connectivity index (χ2v) is 25.3. The van der Waals surface area contributed by atoms with Crippen LogP contribution in [-0.4, -0.2) is 230 Å². The molecule has 5 fully saturated rings. The van der Waals surface area contributed by atoms with E-state index >= 15 is 0 Å². The summed E-state index contributed by atoms with van der Waals surface area (Å²) < 4.78 is 58.2. The predicted octanol–water partition coefficient (Wildman–Crippen LogP) is 6.71. The van der Waals surface area contributed by atoms with E-state index in [9.17, 15) is 28.8 Å². The highest BCUT2D eigenvalue weighted by molar-refractivity contribution is 5.84. The average molecular weight is 1340 g/mol. The van der Waals surface area contributed by atoms with E-state index < -0.39 is 48.3 Å². The van der Waals surface area contributed by atoms with Gasteiger partial charge < -0.3 is 93.4 Å². The molecule has 0 bridgehead atoms. The number of hydrogen-bond donors (Lipinski definition) is 5. The van der Waals surface area contributed by atoms with Crippen LogP contribution in [0.3, 0.4) is 0 Å². The maximum atomic E-state index is 14.0. The molecule has 0 unspecified atom stereocenters. The van der Waals surface area contributed by atoms with E-state index in [0.29, 0.717) is 88.7 Å². The summed E-state index contributed by atoms with van der Waals surface area (Å²) in [6, 6.07) is 12.6. The molecule has 28 heteroatoms. The minimum Gasteiger partial charge on any atom is -0.481 e. The molecule has 530 valence electrons. The maximum absolute atomic E-state index is 14.0. The van der Waals surface area contributed by atoms with Gasteiger partial charge in [-0.1, -0.05) is 0 Å². The number of alkyl carbamates (subject to hydrolysis) is 3. The lowest BCUT2D eigenvalue weighted by molar-refractivity contribution is -0.163. The van der Waals surface area contributed by atoms with Crippen LogP contribution in [0, 0.1) is 0 Å². The van der Waals surface area contributed by atoms with Crippen LogP contribution in [-0.2, 0) is 66.7 Å². The quantitative estimate of drug-likeness (QED) is 0.0342. The zero-order valence-electron chi connectivity index (χ0n) is 58.2. The van der Waals surface area contributed by atoms with Crippen molar-refractivity contribution in [3.05, 3.63) is 70.2 Å². The van der Waals surface area contributed by atoms with Gasteiger partial charge in [0, 0.05) is 106 Å². The van der Waals surface area contributed by atoms with E-state index in [4.69, 9.17) is 37.9 Å². The first-order chi connectivity index (χ1) is 45.5. The Bertz CT molecular complexity index is 2930. The Hall–Kier alpha value is -7.37. The number of aryl methyl sites for hydroxylation is 3. The Morgan fingerprint density at radius 3 is 1.37 bits per heavy atom. The molecule has 0 aromatic carbocycles. The highest BCUT2D eigenvalue weighted by Crippen LogP contribution is 2.39. The van der Waals surface area contributed by atoms with Crippen molar-refractivity contribution in [2.75, 3.05) is 116 Å². The van der Waals surface area contributed by atoms with Gasteiger partial charge >= 0.3 is 24.4 Å². The van der Waals surface area contributed by atoms with Crippen LogP contribution in [0.15, 0.2) is 36.4 Å². The van der Waals surface area contributed by atoms with Crippen LogP contribution >= 0.6 is 0 Å². The molecule has 7 atom stereocenters. The number of ether oxygens (including phenoxy) is 11. The van der Waals surface area contributed by atoms with Crippen LogP contribution in [0.2, 0.25) is 0 Å². The van der Waals surface area contributed by atoms with Gasteiger partial charge in [-0.05, 0) is 153 Å². The number of rotatable bonds is 30. The van der Waals surface area contributed by atoms with Crippen molar-refractivity contribution in [1.29, 1.82) is 0 Å². The molecule has 5 heterocycles. The minimum atomic E-state index is -0.850. The monoisotopic (exact) mass is 1340 g/mol. The topological polar surface area (TPSA) is 312 Å². The number of amides is 6. The zero-order valence-corrected chi connectivity index (χ0v) is 58.2. The Kier molecular flexibility index (Phi) is 31.0. The smallest absolute Gasteiger partial charge is 0.410 e. The molecule has 8 rings (SSSR count). The van der Waals surface area contributed by atoms with Crippen molar-refractivity contribution >= 4 is 36.2 Å². The number of nitrogens with one attached hydrogen (secondary N) is 5. The molecule has 28 nitrogen and oxygen atoms in total. The summed E-state index contributed by atoms with van der Waals surface area (Å²) in [7, 11) is 12.0. The van der Waals surface area contributed by atoms with E-state index in [2.05, 4.69) is 68.7 Å². The molecule has 3 aromatic heterocycles. The number of pyridine rings is 3. The van der Waals surface area contributed by atoms with E-state index in [1.165, 1.54) is 44.6 Å². The fraction of sp³-hybridized carbons (Fsp3) is 0.687. The second-order valence-electron chi connectivity index (χ2n) is 25.3. The third-order valence-electron chi connectivity index (χ3n) is 16.3. The van der Waals surface area contributed by atoms with Crippen molar-refractivity contribution in [2.45, 2.75) is 185 Å². The van der Waals surface area contributed by atoms with Crippen molar-refractivity contribution < 1.29 is 80.9 Å². The summed E-state index contributed by atoms with van der Waals surface area (Å²) in [6.07, 6.45) is 6.73. The third-order valence-corrected chi connectivity index (χ3v) is 16.3. The number of carbonyl (C=O) groups is 6. The van der Waals surface area contributed by atoms with Crippen LogP contribution in [0.1, 0.15) is 151 Å². The Balaban J connectivity index is 0.000000235. The van der Waals surface area contributed by atoms with Crippen LogP contribution in [0.4, 0.5) is 19.2 Å². The molecule has 3 aliphatic carbocycles. The summed E-state index contributed by atoms with van der Waals surface area (Å²) in [5.74, 6) is 1.42. The molecule has 5 N–H and O–H groups in total. The molecule has 2 saturated heterocycles. The number of morpholine rings is 2. The van der Waals surface area contributed by atoms with Gasteiger partial charge in [0.25, 0.3) is 11.8 Å². The number of aromatic nitrogens is 3. The Morgan fingerprint density at radius 1 is 0.558 bits per heavy atom. The summed E-state index contributed by atoms with van der Waals surface area (Å²) >= 11 is 0. The molecule has 95 heavy (non-hydrogen) atoms. The van der Waals surface area contributed by atoms with Crippen molar-refractivity contribution in [3.8, 4) is 17.6 Å². The molecular formula is C67H105N11O17. The summed E-state index contributed by atoms with van der Waals surface area (Å²) in [5.41, 5.74) is 5.00. The first-order valence-electron chi connectivity index (χ1n) is 33.0. The molecule has 5 aliphatic rings. The number of hydrogen-bond acceptors (Lipinski definition) is 22.